The average Bonchev–Trinajstić information content (AvgIpc) is 2.67. The van der Waals surface area contributed by atoms with Gasteiger partial charge in [-0.05, 0) is 12.1 Å². The Hall–Kier alpha value is -3.13. The maximum atomic E-state index is 12.4. The SMILES string of the molecule is CCC(=O)Nc1cc(OC)c(C(=O)OCc2ccccc2[N+](=O)[O-])cc1Cl. The van der Waals surface area contributed by atoms with E-state index in [-0.39, 0.29) is 46.5 Å². The van der Waals surface area contributed by atoms with E-state index in [2.05, 4.69) is 5.32 Å². The van der Waals surface area contributed by atoms with Gasteiger partial charge < -0.3 is 14.8 Å². The molecule has 0 saturated carbocycles. The first kappa shape index (κ1) is 20.2. The number of carbonyl (C=O) groups excluding carboxylic acids is 2. The monoisotopic (exact) mass is 392 g/mol. The molecule has 0 bridgehead atoms. The fourth-order valence-electron chi connectivity index (χ4n) is 2.25. The number of hydrogen-bond donors (Lipinski definition) is 1. The second-order valence-electron chi connectivity index (χ2n) is 5.40. The number of hydrogen-bond acceptors (Lipinski definition) is 6. The number of nitrogens with zero attached hydrogens (tertiary/aromatic N) is 1. The zero-order valence-electron chi connectivity index (χ0n) is 14.7. The Morgan fingerprint density at radius 1 is 1.26 bits per heavy atom. The van der Waals surface area contributed by atoms with Gasteiger partial charge in [0, 0.05) is 18.6 Å². The smallest absolute Gasteiger partial charge is 0.342 e. The van der Waals surface area contributed by atoms with E-state index in [1.807, 2.05) is 0 Å². The second kappa shape index (κ2) is 9.00. The van der Waals surface area contributed by atoms with Crippen LogP contribution >= 0.6 is 11.6 Å². The van der Waals surface area contributed by atoms with Crippen molar-refractivity contribution in [3.8, 4) is 5.75 Å². The second-order valence-corrected chi connectivity index (χ2v) is 5.80. The summed E-state index contributed by atoms with van der Waals surface area (Å²) in [6.45, 7) is 1.40. The molecule has 142 valence electrons. The van der Waals surface area contributed by atoms with Crippen LogP contribution in [0.5, 0.6) is 5.75 Å². The number of methoxy groups -OCH3 is 1. The number of rotatable bonds is 7. The van der Waals surface area contributed by atoms with Gasteiger partial charge in [-0.15, -0.1) is 0 Å². The number of ether oxygens (including phenoxy) is 2. The molecule has 0 saturated heterocycles. The number of carbonyl (C=O) groups is 2. The Morgan fingerprint density at radius 3 is 2.59 bits per heavy atom. The Kier molecular flexibility index (Phi) is 6.73. The molecule has 0 aliphatic rings. The minimum Gasteiger partial charge on any atom is -0.496 e. The predicted octanol–water partition coefficient (Wildman–Crippen LogP) is 3.96. The minimum atomic E-state index is -0.764. The highest BCUT2D eigenvalue weighted by Crippen LogP contribution is 2.32. The molecule has 0 heterocycles. The van der Waals surface area contributed by atoms with Crippen LogP contribution in [0.3, 0.4) is 0 Å². The van der Waals surface area contributed by atoms with Crippen molar-refractivity contribution >= 4 is 34.9 Å². The number of amides is 1. The molecule has 2 rings (SSSR count). The van der Waals surface area contributed by atoms with Crippen molar-refractivity contribution in [2.24, 2.45) is 0 Å². The molecule has 9 heteroatoms. The lowest BCUT2D eigenvalue weighted by atomic mass is 10.1. The first-order valence-electron chi connectivity index (χ1n) is 7.94. The number of nitro groups is 1. The number of halogens is 1. The number of esters is 1. The van der Waals surface area contributed by atoms with Crippen molar-refractivity contribution in [3.63, 3.8) is 0 Å². The normalized spacial score (nSPS) is 10.2. The van der Waals surface area contributed by atoms with Crippen LogP contribution in [0.25, 0.3) is 0 Å². The molecule has 1 N–H and O–H groups in total. The molecule has 0 spiro atoms. The third-order valence-corrected chi connectivity index (χ3v) is 3.96. The van der Waals surface area contributed by atoms with Crippen molar-refractivity contribution in [2.45, 2.75) is 20.0 Å². The fraction of sp³-hybridized carbons (Fsp3) is 0.222. The van der Waals surface area contributed by atoms with E-state index >= 15 is 0 Å². The molecule has 1 amide bonds. The molecule has 0 atom stereocenters. The van der Waals surface area contributed by atoms with Crippen LogP contribution in [-0.4, -0.2) is 23.9 Å². The highest BCUT2D eigenvalue weighted by molar-refractivity contribution is 6.34. The van der Waals surface area contributed by atoms with Gasteiger partial charge in [-0.1, -0.05) is 30.7 Å². The molecule has 0 fully saturated rings. The van der Waals surface area contributed by atoms with Gasteiger partial charge in [0.2, 0.25) is 5.91 Å². The predicted molar refractivity (Wildman–Crippen MR) is 99.1 cm³/mol. The van der Waals surface area contributed by atoms with E-state index < -0.39 is 10.9 Å². The molecule has 0 unspecified atom stereocenters. The van der Waals surface area contributed by atoms with E-state index in [4.69, 9.17) is 21.1 Å². The zero-order chi connectivity index (χ0) is 20.0. The Labute approximate surface area is 160 Å². The molecule has 0 aliphatic carbocycles. The number of para-hydroxylation sites is 1. The maximum Gasteiger partial charge on any atom is 0.342 e. The molecule has 0 radical (unpaired) electrons. The lowest BCUT2D eigenvalue weighted by Crippen LogP contribution is -2.12. The van der Waals surface area contributed by atoms with E-state index in [0.29, 0.717) is 5.69 Å². The highest BCUT2D eigenvalue weighted by atomic mass is 35.5. The average molecular weight is 393 g/mol. The van der Waals surface area contributed by atoms with Crippen molar-refractivity contribution in [3.05, 3.63) is 62.7 Å². The Morgan fingerprint density at radius 2 is 1.96 bits per heavy atom. The summed E-state index contributed by atoms with van der Waals surface area (Å²) in [6.07, 6.45) is 0.262. The molecular weight excluding hydrogens is 376 g/mol. The summed E-state index contributed by atoms with van der Waals surface area (Å²) < 4.78 is 10.3. The van der Waals surface area contributed by atoms with Gasteiger partial charge in [0.15, 0.2) is 0 Å². The molecule has 0 aliphatic heterocycles. The zero-order valence-corrected chi connectivity index (χ0v) is 15.4. The third-order valence-electron chi connectivity index (χ3n) is 3.65. The summed E-state index contributed by atoms with van der Waals surface area (Å²) in [5.74, 6) is -0.857. The molecule has 2 aromatic carbocycles. The lowest BCUT2D eigenvalue weighted by molar-refractivity contribution is -0.385. The molecule has 8 nitrogen and oxygen atoms in total. The standard InChI is InChI=1S/C18H17ClN2O6/c1-3-17(22)20-14-9-16(26-2)12(8-13(14)19)18(23)27-10-11-6-4-5-7-15(11)21(24)25/h4-9H,3,10H2,1-2H3,(H,20,22). The number of anilines is 1. The van der Waals surface area contributed by atoms with Crippen LogP contribution < -0.4 is 10.1 Å². The minimum absolute atomic E-state index is 0.0376. The first-order chi connectivity index (χ1) is 12.9. The van der Waals surface area contributed by atoms with Crippen LogP contribution in [0.15, 0.2) is 36.4 Å². The highest BCUT2D eigenvalue weighted by Gasteiger charge is 2.20. The van der Waals surface area contributed by atoms with Crippen molar-refractivity contribution in [2.75, 3.05) is 12.4 Å². The summed E-state index contributed by atoms with van der Waals surface area (Å²) >= 11 is 6.12. The largest absolute Gasteiger partial charge is 0.496 e. The van der Waals surface area contributed by atoms with E-state index in [0.717, 1.165) is 0 Å². The van der Waals surface area contributed by atoms with Gasteiger partial charge in [-0.25, -0.2) is 4.79 Å². The van der Waals surface area contributed by atoms with Crippen LogP contribution in [0, 0.1) is 10.1 Å². The maximum absolute atomic E-state index is 12.4. The van der Waals surface area contributed by atoms with Gasteiger partial charge >= 0.3 is 5.97 Å². The summed E-state index contributed by atoms with van der Waals surface area (Å²) in [4.78, 5) is 34.4. The van der Waals surface area contributed by atoms with E-state index in [1.165, 1.54) is 37.4 Å². The molecule has 27 heavy (non-hydrogen) atoms. The quantitative estimate of drug-likeness (QED) is 0.434. The van der Waals surface area contributed by atoms with E-state index in [1.54, 1.807) is 13.0 Å². The first-order valence-corrected chi connectivity index (χ1v) is 8.32. The third kappa shape index (κ3) is 4.95. The molecule has 0 aromatic heterocycles. The molecular formula is C18H17ClN2O6. The summed E-state index contributed by atoms with van der Waals surface area (Å²) in [5, 5.41) is 13.8. The number of nitro benzene ring substituents is 1. The molecule has 2 aromatic rings. The van der Waals surface area contributed by atoms with Crippen LogP contribution in [0.4, 0.5) is 11.4 Å². The van der Waals surface area contributed by atoms with Crippen molar-refractivity contribution in [1.82, 2.24) is 0 Å². The van der Waals surface area contributed by atoms with Crippen molar-refractivity contribution < 1.29 is 24.0 Å². The van der Waals surface area contributed by atoms with Gasteiger partial charge in [0.25, 0.3) is 5.69 Å². The van der Waals surface area contributed by atoms with Gasteiger partial charge in [-0.3, -0.25) is 14.9 Å². The van der Waals surface area contributed by atoms with Crippen LogP contribution in [0.2, 0.25) is 5.02 Å². The number of benzene rings is 2. The Bertz CT molecular complexity index is 884. The van der Waals surface area contributed by atoms with E-state index in [9.17, 15) is 19.7 Å². The fourth-order valence-corrected chi connectivity index (χ4v) is 2.46. The summed E-state index contributed by atoms with van der Waals surface area (Å²) in [5.41, 5.74) is 0.451. The Balaban J connectivity index is 2.22. The van der Waals surface area contributed by atoms with Gasteiger partial charge in [-0.2, -0.15) is 0 Å². The summed E-state index contributed by atoms with van der Waals surface area (Å²) in [7, 11) is 1.35. The number of nitrogens with one attached hydrogen (secondary N) is 1. The lowest BCUT2D eigenvalue weighted by Gasteiger charge is -2.13. The van der Waals surface area contributed by atoms with Gasteiger partial charge in [0.1, 0.15) is 17.9 Å². The van der Waals surface area contributed by atoms with Crippen molar-refractivity contribution in [1.29, 1.82) is 0 Å². The summed E-state index contributed by atoms with van der Waals surface area (Å²) in [6, 6.07) is 8.68. The van der Waals surface area contributed by atoms with Crippen LogP contribution in [0.1, 0.15) is 29.3 Å². The topological polar surface area (TPSA) is 108 Å². The van der Waals surface area contributed by atoms with Crippen LogP contribution in [-0.2, 0) is 16.1 Å². The van der Waals surface area contributed by atoms with Gasteiger partial charge in [0.05, 0.1) is 28.3 Å².